The van der Waals surface area contributed by atoms with Crippen LogP contribution in [0.15, 0.2) is 0 Å². The highest BCUT2D eigenvalue weighted by atomic mass is 35.5. The molecule has 0 spiro atoms. The highest BCUT2D eigenvalue weighted by Crippen LogP contribution is 2.25. The molecule has 1 atom stereocenters. The van der Waals surface area contributed by atoms with Crippen LogP contribution in [-0.2, 0) is 4.79 Å². The zero-order valence-corrected chi connectivity index (χ0v) is 12.1. The first-order valence-corrected chi connectivity index (χ1v) is 7.34. The van der Waals surface area contributed by atoms with Gasteiger partial charge in [0.25, 0.3) is 0 Å². The molecule has 106 valence electrons. The van der Waals surface area contributed by atoms with Crippen molar-refractivity contribution >= 4 is 18.3 Å². The predicted molar refractivity (Wildman–Crippen MR) is 77.1 cm³/mol. The quantitative estimate of drug-likeness (QED) is 0.777. The van der Waals surface area contributed by atoms with E-state index in [1.165, 1.54) is 44.9 Å². The fourth-order valence-electron chi connectivity index (χ4n) is 3.09. The fraction of sp³-hybridized carbons (Fsp3) is 0.929. The highest BCUT2D eigenvalue weighted by Gasteiger charge is 2.19. The number of halogens is 1. The van der Waals surface area contributed by atoms with Crippen LogP contribution in [-0.4, -0.2) is 25.0 Å². The van der Waals surface area contributed by atoms with Crippen molar-refractivity contribution in [1.82, 2.24) is 10.6 Å². The van der Waals surface area contributed by atoms with Crippen molar-refractivity contribution in [3.8, 4) is 0 Å². The molecule has 1 aliphatic heterocycles. The molecule has 0 aromatic rings. The lowest BCUT2D eigenvalue weighted by atomic mass is 9.96. The molecule has 4 heteroatoms. The Morgan fingerprint density at radius 1 is 1.06 bits per heavy atom. The molecule has 18 heavy (non-hydrogen) atoms. The molecule has 2 fully saturated rings. The first-order valence-electron chi connectivity index (χ1n) is 7.34. The van der Waals surface area contributed by atoms with Crippen molar-refractivity contribution in [2.24, 2.45) is 5.92 Å². The minimum atomic E-state index is 0. The molecule has 1 heterocycles. The largest absolute Gasteiger partial charge is 0.352 e. The molecule has 2 N–H and O–H groups in total. The molecule has 0 aromatic carbocycles. The van der Waals surface area contributed by atoms with E-state index < -0.39 is 0 Å². The average Bonchev–Trinajstić information content (AvgIpc) is 2.59. The fourth-order valence-corrected chi connectivity index (χ4v) is 3.09. The molecule has 2 aliphatic rings. The molecular formula is C14H27ClN2O. The molecule has 3 nitrogen and oxygen atoms in total. The highest BCUT2D eigenvalue weighted by molar-refractivity contribution is 5.85. The van der Waals surface area contributed by atoms with Gasteiger partial charge >= 0.3 is 0 Å². The van der Waals surface area contributed by atoms with Crippen LogP contribution in [0.1, 0.15) is 57.8 Å². The van der Waals surface area contributed by atoms with E-state index in [1.807, 2.05) is 0 Å². The van der Waals surface area contributed by atoms with Crippen molar-refractivity contribution in [1.29, 1.82) is 0 Å². The second kappa shape index (κ2) is 8.76. The minimum absolute atomic E-state index is 0. The summed E-state index contributed by atoms with van der Waals surface area (Å²) in [5.74, 6) is 0.930. The first kappa shape index (κ1) is 15.8. The Bertz CT molecular complexity index is 234. The minimum Gasteiger partial charge on any atom is -0.352 e. The summed E-state index contributed by atoms with van der Waals surface area (Å²) in [4.78, 5) is 12.0. The lowest BCUT2D eigenvalue weighted by molar-refractivity contribution is -0.122. The summed E-state index contributed by atoms with van der Waals surface area (Å²) in [7, 11) is 0. The molecule has 0 radical (unpaired) electrons. The van der Waals surface area contributed by atoms with Gasteiger partial charge in [-0.25, -0.2) is 0 Å². The van der Waals surface area contributed by atoms with Crippen molar-refractivity contribution < 1.29 is 4.79 Å². The van der Waals surface area contributed by atoms with E-state index >= 15 is 0 Å². The Morgan fingerprint density at radius 3 is 2.39 bits per heavy atom. The maximum Gasteiger partial charge on any atom is 0.220 e. The zero-order valence-electron chi connectivity index (χ0n) is 11.2. The SMILES string of the molecule is Cl.O=C(CC1CCCCCC1)N[C@@H]1CCCNC1. The molecule has 1 saturated carbocycles. The Labute approximate surface area is 117 Å². The smallest absolute Gasteiger partial charge is 0.220 e. The van der Waals surface area contributed by atoms with E-state index in [-0.39, 0.29) is 18.3 Å². The number of rotatable bonds is 3. The predicted octanol–water partition coefficient (Wildman–Crippen LogP) is 2.64. The topological polar surface area (TPSA) is 41.1 Å². The molecule has 1 amide bonds. The van der Waals surface area contributed by atoms with E-state index in [9.17, 15) is 4.79 Å². The second-order valence-corrected chi connectivity index (χ2v) is 5.67. The maximum absolute atomic E-state index is 12.0. The third kappa shape index (κ3) is 5.57. The molecule has 1 saturated heterocycles. The van der Waals surface area contributed by atoms with E-state index in [0.29, 0.717) is 12.0 Å². The van der Waals surface area contributed by atoms with E-state index in [2.05, 4.69) is 10.6 Å². The van der Waals surface area contributed by atoms with E-state index in [4.69, 9.17) is 0 Å². The summed E-state index contributed by atoms with van der Waals surface area (Å²) in [6, 6.07) is 0.377. The average molecular weight is 275 g/mol. The van der Waals surface area contributed by atoms with Gasteiger partial charge in [0.15, 0.2) is 0 Å². The van der Waals surface area contributed by atoms with Crippen LogP contribution in [0.5, 0.6) is 0 Å². The Balaban J connectivity index is 0.00000162. The van der Waals surface area contributed by atoms with Gasteiger partial charge < -0.3 is 10.6 Å². The van der Waals surface area contributed by atoms with Crippen molar-refractivity contribution in [2.45, 2.75) is 63.8 Å². The number of carbonyl (C=O) groups is 1. The first-order chi connectivity index (χ1) is 8.34. The lowest BCUT2D eigenvalue weighted by Crippen LogP contribution is -2.45. The number of carbonyl (C=O) groups excluding carboxylic acids is 1. The monoisotopic (exact) mass is 274 g/mol. The summed E-state index contributed by atoms with van der Waals surface area (Å²) < 4.78 is 0. The Kier molecular flexibility index (Phi) is 7.68. The third-order valence-corrected chi connectivity index (χ3v) is 4.11. The number of piperidine rings is 1. The van der Waals surface area contributed by atoms with Crippen LogP contribution in [0.25, 0.3) is 0 Å². The lowest BCUT2D eigenvalue weighted by Gasteiger charge is -2.24. The molecule has 2 rings (SSSR count). The summed E-state index contributed by atoms with van der Waals surface area (Å²) in [5, 5.41) is 6.52. The number of hydrogen-bond acceptors (Lipinski definition) is 2. The molecule has 0 unspecified atom stereocenters. The summed E-state index contributed by atoms with van der Waals surface area (Å²) >= 11 is 0. The van der Waals surface area contributed by atoms with Gasteiger partial charge in [0, 0.05) is 19.0 Å². The van der Waals surface area contributed by atoms with Crippen molar-refractivity contribution in [3.63, 3.8) is 0 Å². The number of amides is 1. The van der Waals surface area contributed by atoms with Crippen molar-refractivity contribution in [2.75, 3.05) is 13.1 Å². The third-order valence-electron chi connectivity index (χ3n) is 4.11. The van der Waals surface area contributed by atoms with Gasteiger partial charge in [-0.15, -0.1) is 12.4 Å². The van der Waals surface area contributed by atoms with Crippen LogP contribution in [0.2, 0.25) is 0 Å². The molecule has 0 aromatic heterocycles. The number of nitrogens with one attached hydrogen (secondary N) is 2. The summed E-state index contributed by atoms with van der Waals surface area (Å²) in [6.45, 7) is 2.06. The van der Waals surface area contributed by atoms with Gasteiger partial charge in [0.05, 0.1) is 0 Å². The van der Waals surface area contributed by atoms with Gasteiger partial charge in [0.1, 0.15) is 0 Å². The standard InChI is InChI=1S/C14H26N2O.ClH/c17-14(16-13-8-5-9-15-11-13)10-12-6-3-1-2-4-7-12;/h12-13,15H,1-11H2,(H,16,17);1H/t13-;/m1./s1. The van der Waals surface area contributed by atoms with Crippen LogP contribution in [0.3, 0.4) is 0 Å². The van der Waals surface area contributed by atoms with Gasteiger partial charge in [-0.1, -0.05) is 25.7 Å². The number of hydrogen-bond donors (Lipinski definition) is 2. The molecule has 0 bridgehead atoms. The van der Waals surface area contributed by atoms with Gasteiger partial charge in [-0.2, -0.15) is 0 Å². The van der Waals surface area contributed by atoms with Crippen LogP contribution >= 0.6 is 12.4 Å². The maximum atomic E-state index is 12.0. The van der Waals surface area contributed by atoms with E-state index in [0.717, 1.165) is 25.9 Å². The molecule has 1 aliphatic carbocycles. The van der Waals surface area contributed by atoms with Crippen LogP contribution < -0.4 is 10.6 Å². The van der Waals surface area contributed by atoms with Crippen LogP contribution in [0.4, 0.5) is 0 Å². The second-order valence-electron chi connectivity index (χ2n) is 5.67. The van der Waals surface area contributed by atoms with Gasteiger partial charge in [-0.3, -0.25) is 4.79 Å². The summed E-state index contributed by atoms with van der Waals surface area (Å²) in [6.07, 6.45) is 11.0. The Morgan fingerprint density at radius 2 is 1.78 bits per heavy atom. The van der Waals surface area contributed by atoms with E-state index in [1.54, 1.807) is 0 Å². The van der Waals surface area contributed by atoms with Crippen LogP contribution in [0, 0.1) is 5.92 Å². The Hall–Kier alpha value is -0.280. The zero-order chi connectivity index (χ0) is 11.9. The summed E-state index contributed by atoms with van der Waals surface area (Å²) in [5.41, 5.74) is 0. The normalized spacial score (nSPS) is 25.9. The molecular weight excluding hydrogens is 248 g/mol. The van der Waals surface area contributed by atoms with Crippen molar-refractivity contribution in [3.05, 3.63) is 0 Å². The van der Waals surface area contributed by atoms with Gasteiger partial charge in [-0.05, 0) is 38.1 Å². The van der Waals surface area contributed by atoms with Gasteiger partial charge in [0.2, 0.25) is 5.91 Å².